The first kappa shape index (κ1) is 14.4. The number of aliphatic carboxylic acids is 1. The Morgan fingerprint density at radius 1 is 1.30 bits per heavy atom. The Hall–Kier alpha value is -2.04. The number of carboxylic acid groups (broad SMARTS) is 1. The summed E-state index contributed by atoms with van der Waals surface area (Å²) in [6.07, 6.45) is 0. The summed E-state index contributed by atoms with van der Waals surface area (Å²) in [7, 11) is 0. The highest BCUT2D eigenvalue weighted by Gasteiger charge is 2.34. The molecule has 1 aliphatic rings. The lowest BCUT2D eigenvalue weighted by molar-refractivity contribution is -0.138. The highest BCUT2D eigenvalue weighted by atomic mass is 16.4. The number of carbonyl (C=O) groups excluding carboxylic acids is 1. The molecule has 5 nitrogen and oxygen atoms in total. The second kappa shape index (κ2) is 5.94. The van der Waals surface area contributed by atoms with Gasteiger partial charge in [0.05, 0.1) is 6.54 Å². The van der Waals surface area contributed by atoms with Crippen LogP contribution in [0.25, 0.3) is 0 Å². The molecule has 1 aromatic carbocycles. The normalized spacial score (nSPS) is 16.9. The Morgan fingerprint density at radius 3 is 2.55 bits per heavy atom. The molecule has 1 N–H and O–H groups in total. The predicted octanol–water partition coefficient (Wildman–Crippen LogP) is 1.54. The van der Waals surface area contributed by atoms with E-state index in [9.17, 15) is 14.7 Å². The molecule has 1 unspecified atom stereocenters. The van der Waals surface area contributed by atoms with E-state index in [-0.39, 0.29) is 12.5 Å². The molecule has 2 rings (SSSR count). The number of amides is 1. The number of fused-ring (bicyclic) bond motifs is 1. The molecular weight excluding hydrogens is 256 g/mol. The molecule has 0 saturated heterocycles. The molecule has 0 aromatic heterocycles. The molecule has 0 radical (unpaired) electrons. The van der Waals surface area contributed by atoms with Gasteiger partial charge in [-0.1, -0.05) is 18.2 Å². The van der Waals surface area contributed by atoms with E-state index in [0.717, 1.165) is 11.3 Å². The summed E-state index contributed by atoms with van der Waals surface area (Å²) < 4.78 is 0. The largest absolute Gasteiger partial charge is 0.481 e. The summed E-state index contributed by atoms with van der Waals surface area (Å²) in [6, 6.07) is 7.42. The number of hydrogen-bond acceptors (Lipinski definition) is 3. The van der Waals surface area contributed by atoms with E-state index in [4.69, 9.17) is 0 Å². The molecule has 0 aliphatic carbocycles. The minimum atomic E-state index is -0.838. The van der Waals surface area contributed by atoms with Crippen LogP contribution in [0.2, 0.25) is 0 Å². The van der Waals surface area contributed by atoms with E-state index in [1.807, 2.05) is 43.0 Å². The van der Waals surface area contributed by atoms with Gasteiger partial charge in [-0.15, -0.1) is 0 Å². The molecule has 1 heterocycles. The van der Waals surface area contributed by atoms with Gasteiger partial charge in [0.15, 0.2) is 0 Å². The van der Waals surface area contributed by atoms with Gasteiger partial charge in [0, 0.05) is 25.3 Å². The van der Waals surface area contributed by atoms with Crippen LogP contribution in [0.15, 0.2) is 24.3 Å². The number of para-hydroxylation sites is 1. The zero-order valence-corrected chi connectivity index (χ0v) is 11.9. The van der Waals surface area contributed by atoms with Crippen LogP contribution in [0.4, 0.5) is 5.69 Å². The maximum Gasteiger partial charge on any atom is 0.312 e. The maximum absolute atomic E-state index is 12.2. The molecule has 0 fully saturated rings. The Labute approximate surface area is 118 Å². The molecule has 5 heteroatoms. The molecule has 1 aromatic rings. The van der Waals surface area contributed by atoms with Gasteiger partial charge in [0.2, 0.25) is 5.91 Å². The monoisotopic (exact) mass is 276 g/mol. The number of anilines is 1. The lowest BCUT2D eigenvalue weighted by atomic mass is 10.0. The highest BCUT2D eigenvalue weighted by Crippen LogP contribution is 2.35. The SMILES string of the molecule is CCN(CC)C(=O)CN1CC(C(=O)O)c2ccccc21. The van der Waals surface area contributed by atoms with E-state index in [1.54, 1.807) is 4.90 Å². The van der Waals surface area contributed by atoms with Gasteiger partial charge in [0.25, 0.3) is 0 Å². The van der Waals surface area contributed by atoms with Crippen molar-refractivity contribution < 1.29 is 14.7 Å². The Morgan fingerprint density at radius 2 is 1.95 bits per heavy atom. The number of hydrogen-bond donors (Lipinski definition) is 1. The fourth-order valence-corrected chi connectivity index (χ4v) is 2.69. The molecular formula is C15H20N2O3. The Bertz CT molecular complexity index is 512. The van der Waals surface area contributed by atoms with Crippen molar-refractivity contribution in [1.82, 2.24) is 4.90 Å². The zero-order chi connectivity index (χ0) is 14.7. The van der Waals surface area contributed by atoms with Crippen LogP contribution in [-0.2, 0) is 9.59 Å². The minimum absolute atomic E-state index is 0.0378. The third-order valence-corrected chi connectivity index (χ3v) is 3.80. The first-order valence-corrected chi connectivity index (χ1v) is 6.92. The molecule has 0 spiro atoms. The molecule has 1 atom stereocenters. The van der Waals surface area contributed by atoms with Gasteiger partial charge in [-0.25, -0.2) is 0 Å². The van der Waals surface area contributed by atoms with E-state index < -0.39 is 11.9 Å². The number of rotatable bonds is 5. The fourth-order valence-electron chi connectivity index (χ4n) is 2.69. The highest BCUT2D eigenvalue weighted by molar-refractivity contribution is 5.87. The topological polar surface area (TPSA) is 60.9 Å². The van der Waals surface area contributed by atoms with Crippen LogP contribution in [0.5, 0.6) is 0 Å². The van der Waals surface area contributed by atoms with E-state index in [0.29, 0.717) is 19.6 Å². The van der Waals surface area contributed by atoms with Crippen LogP contribution < -0.4 is 4.90 Å². The van der Waals surface area contributed by atoms with Gasteiger partial charge < -0.3 is 14.9 Å². The van der Waals surface area contributed by atoms with Crippen molar-refractivity contribution >= 4 is 17.6 Å². The van der Waals surface area contributed by atoms with Crippen molar-refractivity contribution in [2.24, 2.45) is 0 Å². The molecule has 0 bridgehead atoms. The Kier molecular flexibility index (Phi) is 4.27. The van der Waals surface area contributed by atoms with E-state index >= 15 is 0 Å². The molecule has 0 saturated carbocycles. The molecule has 1 aliphatic heterocycles. The summed E-state index contributed by atoms with van der Waals surface area (Å²) in [5, 5.41) is 9.29. The second-order valence-corrected chi connectivity index (χ2v) is 4.90. The minimum Gasteiger partial charge on any atom is -0.481 e. The van der Waals surface area contributed by atoms with Gasteiger partial charge in [-0.3, -0.25) is 9.59 Å². The first-order chi connectivity index (χ1) is 9.58. The average Bonchev–Trinajstić information content (AvgIpc) is 2.79. The van der Waals surface area contributed by atoms with Gasteiger partial charge >= 0.3 is 5.97 Å². The first-order valence-electron chi connectivity index (χ1n) is 6.92. The van der Waals surface area contributed by atoms with Crippen molar-refractivity contribution in [2.45, 2.75) is 19.8 Å². The van der Waals surface area contributed by atoms with Crippen LogP contribution in [0.1, 0.15) is 25.3 Å². The van der Waals surface area contributed by atoms with Gasteiger partial charge in [-0.05, 0) is 25.5 Å². The smallest absolute Gasteiger partial charge is 0.312 e. The van der Waals surface area contributed by atoms with E-state index in [2.05, 4.69) is 0 Å². The second-order valence-electron chi connectivity index (χ2n) is 4.90. The average molecular weight is 276 g/mol. The molecule has 1 amide bonds. The van der Waals surface area contributed by atoms with Crippen molar-refractivity contribution in [3.05, 3.63) is 29.8 Å². The summed E-state index contributed by atoms with van der Waals surface area (Å²) in [6.45, 7) is 5.84. The van der Waals surface area contributed by atoms with Crippen LogP contribution >= 0.6 is 0 Å². The maximum atomic E-state index is 12.2. The fraction of sp³-hybridized carbons (Fsp3) is 0.467. The van der Waals surface area contributed by atoms with Gasteiger partial charge in [-0.2, -0.15) is 0 Å². The van der Waals surface area contributed by atoms with Crippen molar-refractivity contribution in [3.63, 3.8) is 0 Å². The number of nitrogens with zero attached hydrogens (tertiary/aromatic N) is 2. The number of benzene rings is 1. The quantitative estimate of drug-likeness (QED) is 0.886. The molecule has 108 valence electrons. The third kappa shape index (κ3) is 2.61. The number of likely N-dealkylation sites (N-methyl/N-ethyl adjacent to an activating group) is 1. The number of carbonyl (C=O) groups is 2. The van der Waals surface area contributed by atoms with Crippen LogP contribution in [0.3, 0.4) is 0 Å². The Balaban J connectivity index is 2.19. The van der Waals surface area contributed by atoms with Crippen molar-refractivity contribution in [3.8, 4) is 0 Å². The van der Waals surface area contributed by atoms with Crippen LogP contribution in [0, 0.1) is 0 Å². The lowest BCUT2D eigenvalue weighted by Crippen LogP contribution is -2.40. The number of carboxylic acids is 1. The van der Waals surface area contributed by atoms with Gasteiger partial charge in [0.1, 0.15) is 5.92 Å². The lowest BCUT2D eigenvalue weighted by Gasteiger charge is -2.24. The summed E-state index contributed by atoms with van der Waals surface area (Å²) in [5.41, 5.74) is 1.66. The van der Waals surface area contributed by atoms with Crippen molar-refractivity contribution in [1.29, 1.82) is 0 Å². The summed E-state index contributed by atoms with van der Waals surface area (Å²) in [5.74, 6) is -1.35. The standard InChI is InChI=1S/C15H20N2O3/c1-3-16(4-2)14(18)10-17-9-12(15(19)20)11-7-5-6-8-13(11)17/h5-8,12H,3-4,9-10H2,1-2H3,(H,19,20). The molecule has 20 heavy (non-hydrogen) atoms. The van der Waals surface area contributed by atoms with Crippen molar-refractivity contribution in [2.75, 3.05) is 31.1 Å². The van der Waals surface area contributed by atoms with E-state index in [1.165, 1.54) is 0 Å². The third-order valence-electron chi connectivity index (χ3n) is 3.80. The zero-order valence-electron chi connectivity index (χ0n) is 11.9. The summed E-state index contributed by atoms with van der Waals surface area (Å²) in [4.78, 5) is 27.1. The predicted molar refractivity (Wildman–Crippen MR) is 77.0 cm³/mol. The summed E-state index contributed by atoms with van der Waals surface area (Å²) >= 11 is 0. The van der Waals surface area contributed by atoms with Crippen LogP contribution in [-0.4, -0.2) is 48.1 Å².